The molecule has 0 aromatic heterocycles. The molecule has 102 valence electrons. The van der Waals surface area contributed by atoms with Crippen molar-refractivity contribution in [2.75, 3.05) is 13.2 Å². The van der Waals surface area contributed by atoms with Crippen LogP contribution in [0.3, 0.4) is 0 Å². The molecule has 1 aliphatic carbocycles. The van der Waals surface area contributed by atoms with Crippen LogP contribution in [0.1, 0.15) is 24.8 Å². The maximum atomic E-state index is 12.1. The van der Waals surface area contributed by atoms with Gasteiger partial charge in [0, 0.05) is 13.2 Å². The summed E-state index contributed by atoms with van der Waals surface area (Å²) in [5.74, 6) is 0. The van der Waals surface area contributed by atoms with E-state index in [0.29, 0.717) is 18.5 Å². The van der Waals surface area contributed by atoms with Gasteiger partial charge in [-0.2, -0.15) is 5.26 Å². The van der Waals surface area contributed by atoms with E-state index in [4.69, 9.17) is 10.4 Å². The summed E-state index contributed by atoms with van der Waals surface area (Å²) >= 11 is 0. The molecule has 5 nitrogen and oxygen atoms in total. The quantitative estimate of drug-likeness (QED) is 0.813. The molecule has 0 bridgehead atoms. The van der Waals surface area contributed by atoms with Gasteiger partial charge in [-0.1, -0.05) is 6.07 Å². The fraction of sp³-hybridized carbons (Fsp3) is 0.462. The third kappa shape index (κ3) is 3.32. The van der Waals surface area contributed by atoms with Gasteiger partial charge < -0.3 is 5.11 Å². The van der Waals surface area contributed by atoms with E-state index in [1.807, 2.05) is 6.07 Å². The minimum Gasteiger partial charge on any atom is -0.396 e. The van der Waals surface area contributed by atoms with E-state index in [-0.39, 0.29) is 16.9 Å². The van der Waals surface area contributed by atoms with Gasteiger partial charge in [0.05, 0.1) is 16.5 Å². The molecule has 1 saturated carbocycles. The molecule has 0 spiro atoms. The molecular weight excluding hydrogens is 264 g/mol. The summed E-state index contributed by atoms with van der Waals surface area (Å²) < 4.78 is 26.8. The second-order valence-corrected chi connectivity index (χ2v) is 6.70. The Labute approximate surface area is 112 Å². The topological polar surface area (TPSA) is 90.2 Å². The molecule has 2 rings (SSSR count). The first-order chi connectivity index (χ1) is 9.01. The number of nitrogens with one attached hydrogen (secondary N) is 1. The molecule has 0 aliphatic heterocycles. The average Bonchev–Trinajstić information content (AvgIpc) is 3.18. The third-order valence-corrected chi connectivity index (χ3v) is 4.91. The summed E-state index contributed by atoms with van der Waals surface area (Å²) in [7, 11) is -3.59. The van der Waals surface area contributed by atoms with Gasteiger partial charge in [0.25, 0.3) is 0 Å². The highest BCUT2D eigenvalue weighted by Gasteiger charge is 2.42. The predicted octanol–water partition coefficient (Wildman–Crippen LogP) is 0.999. The van der Waals surface area contributed by atoms with Crippen LogP contribution in [-0.4, -0.2) is 26.7 Å². The van der Waals surface area contributed by atoms with Gasteiger partial charge in [-0.05, 0) is 42.9 Å². The zero-order valence-corrected chi connectivity index (χ0v) is 11.3. The van der Waals surface area contributed by atoms with Crippen molar-refractivity contribution >= 4 is 10.0 Å². The van der Waals surface area contributed by atoms with E-state index in [1.165, 1.54) is 12.1 Å². The summed E-state index contributed by atoms with van der Waals surface area (Å²) in [5.41, 5.74) is 0.244. The number of aliphatic hydroxyl groups is 1. The molecule has 0 amide bonds. The van der Waals surface area contributed by atoms with Gasteiger partial charge in [0.2, 0.25) is 10.0 Å². The van der Waals surface area contributed by atoms with Crippen molar-refractivity contribution < 1.29 is 13.5 Å². The highest BCUT2D eigenvalue weighted by Crippen LogP contribution is 2.48. The molecular formula is C13H16N2O3S. The molecule has 1 fully saturated rings. The van der Waals surface area contributed by atoms with Crippen molar-refractivity contribution in [1.82, 2.24) is 4.72 Å². The van der Waals surface area contributed by atoms with Crippen LogP contribution < -0.4 is 4.72 Å². The lowest BCUT2D eigenvalue weighted by Crippen LogP contribution is -2.30. The highest BCUT2D eigenvalue weighted by atomic mass is 32.2. The first-order valence-corrected chi connectivity index (χ1v) is 7.60. The molecule has 2 N–H and O–H groups in total. The second-order valence-electron chi connectivity index (χ2n) is 4.94. The monoisotopic (exact) mass is 280 g/mol. The van der Waals surface area contributed by atoms with Crippen LogP contribution in [0.25, 0.3) is 0 Å². The molecule has 0 unspecified atom stereocenters. The Morgan fingerprint density at radius 3 is 2.74 bits per heavy atom. The fourth-order valence-electron chi connectivity index (χ4n) is 1.99. The highest BCUT2D eigenvalue weighted by molar-refractivity contribution is 7.89. The number of aliphatic hydroxyl groups excluding tert-OH is 1. The summed E-state index contributed by atoms with van der Waals surface area (Å²) in [6.45, 7) is 0.415. The standard InChI is InChI=1S/C13H16N2O3S/c14-9-11-2-1-3-12(8-11)19(17,18)15-10-13(4-5-13)6-7-16/h1-3,8,15-16H,4-7,10H2. The maximum Gasteiger partial charge on any atom is 0.240 e. The molecule has 0 heterocycles. The molecule has 1 aliphatic rings. The zero-order valence-electron chi connectivity index (χ0n) is 10.5. The van der Waals surface area contributed by atoms with E-state index in [2.05, 4.69) is 4.72 Å². The summed E-state index contributed by atoms with van der Waals surface area (Å²) in [5, 5.41) is 17.7. The molecule has 0 radical (unpaired) electrons. The van der Waals surface area contributed by atoms with Gasteiger partial charge in [0.1, 0.15) is 0 Å². The van der Waals surface area contributed by atoms with Gasteiger partial charge in [-0.15, -0.1) is 0 Å². The molecule has 0 saturated heterocycles. The first-order valence-electron chi connectivity index (χ1n) is 6.12. The first kappa shape index (κ1) is 14.0. The third-order valence-electron chi connectivity index (χ3n) is 3.51. The van der Waals surface area contributed by atoms with Gasteiger partial charge in [-0.25, -0.2) is 13.1 Å². The normalized spacial score (nSPS) is 16.8. The van der Waals surface area contributed by atoms with Gasteiger partial charge in [-0.3, -0.25) is 0 Å². The molecule has 1 aromatic rings. The Kier molecular flexibility index (Phi) is 3.90. The Morgan fingerprint density at radius 2 is 2.16 bits per heavy atom. The molecule has 0 atom stereocenters. The van der Waals surface area contributed by atoms with Crippen molar-refractivity contribution in [3.05, 3.63) is 29.8 Å². The van der Waals surface area contributed by atoms with Crippen LogP contribution in [0.15, 0.2) is 29.2 Å². The Hall–Kier alpha value is -1.42. The summed E-state index contributed by atoms with van der Waals surface area (Å²) in [6, 6.07) is 7.85. The van der Waals surface area contributed by atoms with Crippen LogP contribution in [0, 0.1) is 16.7 Å². The van der Waals surface area contributed by atoms with Crippen LogP contribution in [-0.2, 0) is 10.0 Å². The van der Waals surface area contributed by atoms with E-state index >= 15 is 0 Å². The number of nitrogens with zero attached hydrogens (tertiary/aromatic N) is 1. The van der Waals surface area contributed by atoms with E-state index in [0.717, 1.165) is 12.8 Å². The number of rotatable bonds is 6. The van der Waals surface area contributed by atoms with E-state index in [1.54, 1.807) is 12.1 Å². The van der Waals surface area contributed by atoms with Crippen LogP contribution >= 0.6 is 0 Å². The van der Waals surface area contributed by atoms with Crippen molar-refractivity contribution in [3.63, 3.8) is 0 Å². The molecule has 6 heteroatoms. The van der Waals surface area contributed by atoms with Crippen molar-refractivity contribution in [1.29, 1.82) is 5.26 Å². The van der Waals surface area contributed by atoms with E-state index in [9.17, 15) is 8.42 Å². The Bertz CT molecular complexity index is 601. The lowest BCUT2D eigenvalue weighted by Gasteiger charge is -2.14. The largest absolute Gasteiger partial charge is 0.396 e. The number of nitriles is 1. The van der Waals surface area contributed by atoms with Crippen LogP contribution in [0.2, 0.25) is 0 Å². The SMILES string of the molecule is N#Cc1cccc(S(=O)(=O)NCC2(CCO)CC2)c1. The van der Waals surface area contributed by atoms with Crippen LogP contribution in [0.4, 0.5) is 0 Å². The van der Waals surface area contributed by atoms with Crippen molar-refractivity contribution in [3.8, 4) is 6.07 Å². The summed E-state index contributed by atoms with van der Waals surface area (Å²) in [6.07, 6.45) is 2.50. The smallest absolute Gasteiger partial charge is 0.240 e. The average molecular weight is 280 g/mol. The number of hydrogen-bond donors (Lipinski definition) is 2. The van der Waals surface area contributed by atoms with Crippen molar-refractivity contribution in [2.24, 2.45) is 5.41 Å². The Morgan fingerprint density at radius 1 is 1.42 bits per heavy atom. The van der Waals surface area contributed by atoms with Gasteiger partial charge in [0.15, 0.2) is 0 Å². The van der Waals surface area contributed by atoms with Crippen molar-refractivity contribution in [2.45, 2.75) is 24.2 Å². The lowest BCUT2D eigenvalue weighted by molar-refractivity contribution is 0.249. The maximum absolute atomic E-state index is 12.1. The predicted molar refractivity (Wildman–Crippen MR) is 69.7 cm³/mol. The van der Waals surface area contributed by atoms with Crippen LogP contribution in [0.5, 0.6) is 0 Å². The minimum absolute atomic E-state index is 0.0747. The molecule has 19 heavy (non-hydrogen) atoms. The molecule has 1 aromatic carbocycles. The fourth-order valence-corrected chi connectivity index (χ4v) is 3.20. The van der Waals surface area contributed by atoms with Gasteiger partial charge >= 0.3 is 0 Å². The number of sulfonamides is 1. The second kappa shape index (κ2) is 5.29. The van der Waals surface area contributed by atoms with E-state index < -0.39 is 10.0 Å². The summed E-state index contributed by atoms with van der Waals surface area (Å²) in [4.78, 5) is 0.103. The lowest BCUT2D eigenvalue weighted by atomic mass is 10.0. The number of hydrogen-bond acceptors (Lipinski definition) is 4. The zero-order chi connectivity index (χ0) is 13.9. The number of benzene rings is 1. The minimum atomic E-state index is -3.59. The Balaban J connectivity index is 2.08.